The molecular formula is C13H15N5O. The molecule has 0 radical (unpaired) electrons. The van der Waals surface area contributed by atoms with Crippen molar-refractivity contribution in [2.24, 2.45) is 5.84 Å². The third-order valence-electron chi connectivity index (χ3n) is 2.65. The molecule has 0 bridgehead atoms. The molecule has 0 saturated carbocycles. The summed E-state index contributed by atoms with van der Waals surface area (Å²) in [7, 11) is 0. The molecule has 0 unspecified atom stereocenters. The Labute approximate surface area is 111 Å². The number of carbonyl (C=O) groups is 1. The summed E-state index contributed by atoms with van der Waals surface area (Å²) in [6.07, 6.45) is 3.29. The number of aryl methyl sites for hydroxylation is 2. The molecule has 2 aromatic heterocycles. The Morgan fingerprint density at radius 2 is 2.11 bits per heavy atom. The van der Waals surface area contributed by atoms with Crippen molar-refractivity contribution in [1.29, 1.82) is 0 Å². The van der Waals surface area contributed by atoms with Gasteiger partial charge in [0.15, 0.2) is 0 Å². The molecule has 1 amide bonds. The number of nitrogens with zero attached hydrogens (tertiary/aromatic N) is 2. The number of rotatable bonds is 3. The van der Waals surface area contributed by atoms with Crippen molar-refractivity contribution >= 4 is 17.4 Å². The molecule has 0 aromatic carbocycles. The standard InChI is InChI=1S/C13H15N5O/c1-8-3-4-15-7-11(8)17-13(19)10-5-9(2)16-12(6-10)18-14/h3-7H,14H2,1-2H3,(H,16,18)(H,17,19). The number of anilines is 2. The molecule has 4 N–H and O–H groups in total. The van der Waals surface area contributed by atoms with Crippen LogP contribution in [0.3, 0.4) is 0 Å². The average Bonchev–Trinajstić information content (AvgIpc) is 2.40. The topological polar surface area (TPSA) is 92.9 Å². The summed E-state index contributed by atoms with van der Waals surface area (Å²) in [5, 5.41) is 2.81. The van der Waals surface area contributed by atoms with E-state index in [0.717, 1.165) is 5.56 Å². The highest BCUT2D eigenvalue weighted by atomic mass is 16.1. The molecule has 19 heavy (non-hydrogen) atoms. The maximum Gasteiger partial charge on any atom is 0.255 e. The smallest absolute Gasteiger partial charge is 0.255 e. The van der Waals surface area contributed by atoms with Crippen molar-refractivity contribution < 1.29 is 4.79 Å². The molecule has 98 valence electrons. The van der Waals surface area contributed by atoms with E-state index in [0.29, 0.717) is 22.8 Å². The summed E-state index contributed by atoms with van der Waals surface area (Å²) < 4.78 is 0. The van der Waals surface area contributed by atoms with Crippen LogP contribution in [-0.2, 0) is 0 Å². The summed E-state index contributed by atoms with van der Waals surface area (Å²) in [4.78, 5) is 20.3. The maximum absolute atomic E-state index is 12.2. The van der Waals surface area contributed by atoms with Gasteiger partial charge in [-0.25, -0.2) is 10.8 Å². The molecule has 0 fully saturated rings. The minimum absolute atomic E-state index is 0.224. The number of hydrogen-bond acceptors (Lipinski definition) is 5. The van der Waals surface area contributed by atoms with Gasteiger partial charge in [-0.05, 0) is 37.6 Å². The van der Waals surface area contributed by atoms with Crippen molar-refractivity contribution in [3.8, 4) is 0 Å². The quantitative estimate of drug-likeness (QED) is 0.574. The zero-order valence-electron chi connectivity index (χ0n) is 10.8. The number of nitrogens with two attached hydrogens (primary N) is 1. The van der Waals surface area contributed by atoms with E-state index in [1.807, 2.05) is 13.0 Å². The largest absolute Gasteiger partial charge is 0.320 e. The van der Waals surface area contributed by atoms with Crippen molar-refractivity contribution in [3.05, 3.63) is 47.4 Å². The summed E-state index contributed by atoms with van der Waals surface area (Å²) in [5.74, 6) is 5.54. The number of hydrogen-bond donors (Lipinski definition) is 3. The number of amides is 1. The second-order valence-corrected chi connectivity index (χ2v) is 4.17. The highest BCUT2D eigenvalue weighted by molar-refractivity contribution is 6.05. The van der Waals surface area contributed by atoms with Crippen LogP contribution in [0.5, 0.6) is 0 Å². The predicted molar refractivity (Wildman–Crippen MR) is 73.7 cm³/mol. The van der Waals surface area contributed by atoms with Crippen LogP contribution < -0.4 is 16.6 Å². The summed E-state index contributed by atoms with van der Waals surface area (Å²) >= 11 is 0. The third-order valence-corrected chi connectivity index (χ3v) is 2.65. The van der Waals surface area contributed by atoms with Gasteiger partial charge in [0.25, 0.3) is 5.91 Å². The van der Waals surface area contributed by atoms with Gasteiger partial charge in [0.05, 0.1) is 11.9 Å². The first-order valence-corrected chi connectivity index (χ1v) is 5.77. The molecule has 2 rings (SSSR count). The minimum atomic E-state index is -0.224. The van der Waals surface area contributed by atoms with Crippen LogP contribution in [0, 0.1) is 13.8 Å². The number of carbonyl (C=O) groups excluding carboxylic acids is 1. The van der Waals surface area contributed by atoms with Gasteiger partial charge in [-0.2, -0.15) is 0 Å². The number of nitrogens with one attached hydrogen (secondary N) is 2. The highest BCUT2D eigenvalue weighted by Gasteiger charge is 2.10. The maximum atomic E-state index is 12.2. The molecule has 0 aliphatic heterocycles. The Hall–Kier alpha value is -2.47. The third kappa shape index (κ3) is 3.05. The van der Waals surface area contributed by atoms with Gasteiger partial charge in [0.1, 0.15) is 5.82 Å². The van der Waals surface area contributed by atoms with Gasteiger partial charge in [-0.3, -0.25) is 9.78 Å². The Morgan fingerprint density at radius 3 is 2.79 bits per heavy atom. The normalized spacial score (nSPS) is 10.1. The first kappa shape index (κ1) is 13.0. The van der Waals surface area contributed by atoms with E-state index >= 15 is 0 Å². The highest BCUT2D eigenvalue weighted by Crippen LogP contribution is 2.15. The van der Waals surface area contributed by atoms with Crippen LogP contribution in [0.1, 0.15) is 21.6 Å². The van der Waals surface area contributed by atoms with Crippen LogP contribution in [0.4, 0.5) is 11.5 Å². The van der Waals surface area contributed by atoms with E-state index in [2.05, 4.69) is 20.7 Å². The van der Waals surface area contributed by atoms with Gasteiger partial charge in [0, 0.05) is 17.5 Å². The zero-order chi connectivity index (χ0) is 13.8. The van der Waals surface area contributed by atoms with E-state index in [1.165, 1.54) is 0 Å². The molecule has 0 aliphatic carbocycles. The van der Waals surface area contributed by atoms with Crippen LogP contribution in [0.25, 0.3) is 0 Å². The summed E-state index contributed by atoms with van der Waals surface area (Å²) in [6.45, 7) is 3.70. The molecule has 2 heterocycles. The minimum Gasteiger partial charge on any atom is -0.320 e. The molecule has 6 heteroatoms. The predicted octanol–water partition coefficient (Wildman–Crippen LogP) is 1.63. The fourth-order valence-corrected chi connectivity index (χ4v) is 1.66. The van der Waals surface area contributed by atoms with Gasteiger partial charge in [0.2, 0.25) is 0 Å². The monoisotopic (exact) mass is 257 g/mol. The first-order chi connectivity index (χ1) is 9.10. The second kappa shape index (κ2) is 5.45. The van der Waals surface area contributed by atoms with Crippen LogP contribution in [-0.4, -0.2) is 15.9 Å². The van der Waals surface area contributed by atoms with Crippen molar-refractivity contribution in [2.45, 2.75) is 13.8 Å². The van der Waals surface area contributed by atoms with Gasteiger partial charge >= 0.3 is 0 Å². The Morgan fingerprint density at radius 1 is 1.32 bits per heavy atom. The Bertz CT molecular complexity index is 612. The van der Waals surface area contributed by atoms with Gasteiger partial charge < -0.3 is 10.7 Å². The SMILES string of the molecule is Cc1cc(C(=O)Nc2cnccc2C)cc(NN)n1. The lowest BCUT2D eigenvalue weighted by molar-refractivity contribution is 0.102. The summed E-state index contributed by atoms with van der Waals surface area (Å²) in [6, 6.07) is 5.12. The average molecular weight is 257 g/mol. The lowest BCUT2D eigenvalue weighted by Crippen LogP contribution is -2.15. The van der Waals surface area contributed by atoms with E-state index in [4.69, 9.17) is 5.84 Å². The van der Waals surface area contributed by atoms with E-state index in [-0.39, 0.29) is 5.91 Å². The number of aromatic nitrogens is 2. The van der Waals surface area contributed by atoms with Crippen LogP contribution in [0.15, 0.2) is 30.6 Å². The van der Waals surface area contributed by atoms with Gasteiger partial charge in [-0.15, -0.1) is 0 Å². The molecular weight excluding hydrogens is 242 g/mol. The fourth-order valence-electron chi connectivity index (χ4n) is 1.66. The molecule has 6 nitrogen and oxygen atoms in total. The van der Waals surface area contributed by atoms with Gasteiger partial charge in [-0.1, -0.05) is 0 Å². The first-order valence-electron chi connectivity index (χ1n) is 5.77. The van der Waals surface area contributed by atoms with Crippen molar-refractivity contribution in [3.63, 3.8) is 0 Å². The molecule has 0 spiro atoms. The fraction of sp³-hybridized carbons (Fsp3) is 0.154. The van der Waals surface area contributed by atoms with Crippen LogP contribution >= 0.6 is 0 Å². The molecule has 2 aromatic rings. The lowest BCUT2D eigenvalue weighted by atomic mass is 10.2. The molecule has 0 aliphatic rings. The number of hydrazine groups is 1. The Kier molecular flexibility index (Phi) is 3.72. The molecule has 0 atom stereocenters. The summed E-state index contributed by atoms with van der Waals surface area (Å²) in [5.41, 5.74) is 5.27. The zero-order valence-corrected chi connectivity index (χ0v) is 10.8. The number of nitrogen functional groups attached to an aromatic ring is 1. The van der Waals surface area contributed by atoms with E-state index in [1.54, 1.807) is 31.5 Å². The Balaban J connectivity index is 2.25. The second-order valence-electron chi connectivity index (χ2n) is 4.17. The number of pyridine rings is 2. The van der Waals surface area contributed by atoms with Crippen molar-refractivity contribution in [2.75, 3.05) is 10.7 Å². The van der Waals surface area contributed by atoms with Crippen LogP contribution in [0.2, 0.25) is 0 Å². The van der Waals surface area contributed by atoms with Crippen molar-refractivity contribution in [1.82, 2.24) is 9.97 Å². The lowest BCUT2D eigenvalue weighted by Gasteiger charge is -2.09. The molecule has 0 saturated heterocycles. The van der Waals surface area contributed by atoms with E-state index < -0.39 is 0 Å². The van der Waals surface area contributed by atoms with E-state index in [9.17, 15) is 4.79 Å².